The third-order valence-corrected chi connectivity index (χ3v) is 2.36. The Labute approximate surface area is 67.9 Å². The fourth-order valence-corrected chi connectivity index (χ4v) is 1.76. The second-order valence-corrected chi connectivity index (χ2v) is 3.10. The lowest BCUT2D eigenvalue weighted by Crippen LogP contribution is -2.23. The first-order valence-corrected chi connectivity index (χ1v) is 4.45. The maximum atomic E-state index is 10.6. The Morgan fingerprint density at radius 3 is 2.64 bits per heavy atom. The number of hydrogen-bond acceptors (Lipinski definition) is 2. The maximum absolute atomic E-state index is 10.6. The van der Waals surface area contributed by atoms with Gasteiger partial charge in [0.25, 0.3) is 0 Å². The Kier molecular flexibility index (Phi) is 3.57. The molecule has 64 valence electrons. The van der Waals surface area contributed by atoms with E-state index in [1.165, 1.54) is 25.7 Å². The molecule has 0 spiro atoms. The van der Waals surface area contributed by atoms with Crippen LogP contribution in [0.4, 0.5) is 0 Å². The van der Waals surface area contributed by atoms with E-state index in [0.717, 1.165) is 6.29 Å². The SMILES string of the molecule is CCOC(C=O)C1CCCC1. The summed E-state index contributed by atoms with van der Waals surface area (Å²) in [4.78, 5) is 10.6. The second-order valence-electron chi connectivity index (χ2n) is 3.10. The predicted octanol–water partition coefficient (Wildman–Crippen LogP) is 1.78. The van der Waals surface area contributed by atoms with Crippen molar-refractivity contribution < 1.29 is 9.53 Å². The van der Waals surface area contributed by atoms with Gasteiger partial charge >= 0.3 is 0 Å². The number of rotatable bonds is 4. The van der Waals surface area contributed by atoms with Gasteiger partial charge in [0.15, 0.2) is 0 Å². The van der Waals surface area contributed by atoms with Gasteiger partial charge in [-0.3, -0.25) is 0 Å². The minimum atomic E-state index is -0.123. The summed E-state index contributed by atoms with van der Waals surface area (Å²) in [6.07, 6.45) is 5.71. The van der Waals surface area contributed by atoms with Crippen molar-refractivity contribution in [1.82, 2.24) is 0 Å². The van der Waals surface area contributed by atoms with Crippen molar-refractivity contribution in [2.24, 2.45) is 5.92 Å². The van der Waals surface area contributed by atoms with Gasteiger partial charge in [0.05, 0.1) is 0 Å². The van der Waals surface area contributed by atoms with E-state index in [2.05, 4.69) is 0 Å². The van der Waals surface area contributed by atoms with Gasteiger partial charge in [0, 0.05) is 6.61 Å². The highest BCUT2D eigenvalue weighted by Crippen LogP contribution is 2.28. The molecule has 0 aliphatic heterocycles. The number of hydrogen-bond donors (Lipinski definition) is 0. The van der Waals surface area contributed by atoms with E-state index in [-0.39, 0.29) is 6.10 Å². The number of ether oxygens (including phenoxy) is 1. The third kappa shape index (κ3) is 2.29. The van der Waals surface area contributed by atoms with Crippen LogP contribution in [0.1, 0.15) is 32.6 Å². The van der Waals surface area contributed by atoms with Crippen LogP contribution in [0.15, 0.2) is 0 Å². The first-order valence-electron chi connectivity index (χ1n) is 4.45. The first-order chi connectivity index (χ1) is 5.38. The standard InChI is InChI=1S/C9H16O2/c1-2-11-9(7-10)8-5-3-4-6-8/h7-9H,2-6H2,1H3. The number of carbonyl (C=O) groups excluding carboxylic acids is 1. The highest BCUT2D eigenvalue weighted by molar-refractivity contribution is 5.56. The minimum Gasteiger partial charge on any atom is -0.371 e. The smallest absolute Gasteiger partial charge is 0.149 e. The van der Waals surface area contributed by atoms with Gasteiger partial charge in [-0.15, -0.1) is 0 Å². The lowest BCUT2D eigenvalue weighted by molar-refractivity contribution is -0.120. The minimum absolute atomic E-state index is 0.123. The van der Waals surface area contributed by atoms with E-state index in [1.54, 1.807) is 0 Å². The molecule has 2 nitrogen and oxygen atoms in total. The van der Waals surface area contributed by atoms with Gasteiger partial charge in [0.2, 0.25) is 0 Å². The Hall–Kier alpha value is -0.370. The van der Waals surface area contributed by atoms with E-state index < -0.39 is 0 Å². The van der Waals surface area contributed by atoms with Crippen molar-refractivity contribution in [2.75, 3.05) is 6.61 Å². The van der Waals surface area contributed by atoms with Gasteiger partial charge < -0.3 is 9.53 Å². The Morgan fingerprint density at radius 2 is 2.18 bits per heavy atom. The van der Waals surface area contributed by atoms with Crippen molar-refractivity contribution >= 4 is 6.29 Å². The summed E-state index contributed by atoms with van der Waals surface area (Å²) in [6, 6.07) is 0. The lowest BCUT2D eigenvalue weighted by atomic mass is 10.0. The first kappa shape index (κ1) is 8.72. The molecule has 0 amide bonds. The molecule has 0 N–H and O–H groups in total. The zero-order valence-corrected chi connectivity index (χ0v) is 7.08. The molecule has 1 aliphatic rings. The summed E-state index contributed by atoms with van der Waals surface area (Å²) in [5, 5.41) is 0. The second kappa shape index (κ2) is 4.50. The van der Waals surface area contributed by atoms with Gasteiger partial charge in [-0.2, -0.15) is 0 Å². The van der Waals surface area contributed by atoms with Crippen LogP contribution in [0.2, 0.25) is 0 Å². The van der Waals surface area contributed by atoms with Crippen LogP contribution in [0, 0.1) is 5.92 Å². The van der Waals surface area contributed by atoms with Gasteiger partial charge in [-0.05, 0) is 25.7 Å². The molecule has 1 rings (SSSR count). The summed E-state index contributed by atoms with van der Waals surface area (Å²) in [5.74, 6) is 0.507. The van der Waals surface area contributed by atoms with E-state index >= 15 is 0 Å². The Bertz CT molecular complexity index is 117. The van der Waals surface area contributed by atoms with Crippen LogP contribution in [-0.4, -0.2) is 19.0 Å². The van der Waals surface area contributed by atoms with Crippen molar-refractivity contribution in [3.8, 4) is 0 Å². The summed E-state index contributed by atoms with van der Waals surface area (Å²) < 4.78 is 5.31. The monoisotopic (exact) mass is 156 g/mol. The quantitative estimate of drug-likeness (QED) is 0.580. The highest BCUT2D eigenvalue weighted by Gasteiger charge is 2.24. The van der Waals surface area contributed by atoms with Crippen LogP contribution in [0.25, 0.3) is 0 Å². The van der Waals surface area contributed by atoms with Crippen LogP contribution in [-0.2, 0) is 9.53 Å². The van der Waals surface area contributed by atoms with E-state index in [9.17, 15) is 4.79 Å². The van der Waals surface area contributed by atoms with E-state index in [1.807, 2.05) is 6.92 Å². The number of carbonyl (C=O) groups is 1. The molecule has 1 aliphatic carbocycles. The fourth-order valence-electron chi connectivity index (χ4n) is 1.76. The molecule has 0 aromatic heterocycles. The van der Waals surface area contributed by atoms with Gasteiger partial charge in [0.1, 0.15) is 12.4 Å². The summed E-state index contributed by atoms with van der Waals surface area (Å²) in [5.41, 5.74) is 0. The molecular weight excluding hydrogens is 140 g/mol. The summed E-state index contributed by atoms with van der Waals surface area (Å²) >= 11 is 0. The molecule has 0 aromatic carbocycles. The van der Waals surface area contributed by atoms with Gasteiger partial charge in [-0.25, -0.2) is 0 Å². The molecule has 0 aromatic rings. The molecule has 0 saturated heterocycles. The molecule has 1 unspecified atom stereocenters. The predicted molar refractivity (Wildman–Crippen MR) is 43.4 cm³/mol. The zero-order chi connectivity index (χ0) is 8.10. The van der Waals surface area contributed by atoms with Crippen molar-refractivity contribution in [3.63, 3.8) is 0 Å². The number of aldehydes is 1. The van der Waals surface area contributed by atoms with Crippen LogP contribution < -0.4 is 0 Å². The molecule has 2 heteroatoms. The Balaban J connectivity index is 2.33. The van der Waals surface area contributed by atoms with Crippen molar-refractivity contribution in [3.05, 3.63) is 0 Å². The average molecular weight is 156 g/mol. The fraction of sp³-hybridized carbons (Fsp3) is 0.889. The molecule has 1 saturated carbocycles. The normalized spacial score (nSPS) is 21.9. The highest BCUT2D eigenvalue weighted by atomic mass is 16.5. The average Bonchev–Trinajstić information content (AvgIpc) is 2.52. The molecule has 0 heterocycles. The van der Waals surface area contributed by atoms with Crippen LogP contribution in [0.5, 0.6) is 0 Å². The van der Waals surface area contributed by atoms with E-state index in [4.69, 9.17) is 4.74 Å². The lowest BCUT2D eigenvalue weighted by Gasteiger charge is -2.16. The molecular formula is C9H16O2. The summed E-state index contributed by atoms with van der Waals surface area (Å²) in [7, 11) is 0. The molecule has 0 radical (unpaired) electrons. The van der Waals surface area contributed by atoms with E-state index in [0.29, 0.717) is 12.5 Å². The zero-order valence-electron chi connectivity index (χ0n) is 7.08. The van der Waals surface area contributed by atoms with Crippen molar-refractivity contribution in [1.29, 1.82) is 0 Å². The Morgan fingerprint density at radius 1 is 1.55 bits per heavy atom. The van der Waals surface area contributed by atoms with Gasteiger partial charge in [-0.1, -0.05) is 12.8 Å². The molecule has 1 fully saturated rings. The van der Waals surface area contributed by atoms with Crippen LogP contribution in [0.3, 0.4) is 0 Å². The van der Waals surface area contributed by atoms with Crippen molar-refractivity contribution in [2.45, 2.75) is 38.7 Å². The van der Waals surface area contributed by atoms with Crippen LogP contribution >= 0.6 is 0 Å². The maximum Gasteiger partial charge on any atom is 0.149 e. The summed E-state index contributed by atoms with van der Waals surface area (Å²) in [6.45, 7) is 2.59. The largest absolute Gasteiger partial charge is 0.371 e. The molecule has 0 bridgehead atoms. The topological polar surface area (TPSA) is 26.3 Å². The third-order valence-electron chi connectivity index (χ3n) is 2.36. The molecule has 11 heavy (non-hydrogen) atoms. The molecule has 1 atom stereocenters.